The number of nitrogens with one attached hydrogen (secondary N) is 1. The molecule has 1 N–H and O–H groups in total. The molecule has 1 aliphatic rings. The van der Waals surface area contributed by atoms with Gasteiger partial charge in [0.25, 0.3) is 0 Å². The Bertz CT molecular complexity index is 563. The van der Waals surface area contributed by atoms with Crippen LogP contribution in [0.4, 0.5) is 0 Å². The first-order valence-electron chi connectivity index (χ1n) is 5.94. The summed E-state index contributed by atoms with van der Waals surface area (Å²) in [6.07, 6.45) is 4.38. The molecule has 0 saturated carbocycles. The Balaban J connectivity index is 0.00000180. The summed E-state index contributed by atoms with van der Waals surface area (Å²) in [4.78, 5) is 3.86. The van der Waals surface area contributed by atoms with Gasteiger partial charge in [0.15, 0.2) is 14.9 Å². The van der Waals surface area contributed by atoms with E-state index >= 15 is 0 Å². The van der Waals surface area contributed by atoms with Crippen molar-refractivity contribution in [1.29, 1.82) is 5.26 Å². The Labute approximate surface area is 119 Å². The lowest BCUT2D eigenvalue weighted by molar-refractivity contribution is 0.423. The van der Waals surface area contributed by atoms with Gasteiger partial charge in [0.1, 0.15) is 0 Å². The summed E-state index contributed by atoms with van der Waals surface area (Å²) in [5.74, 6) is 0.0505. The van der Waals surface area contributed by atoms with E-state index in [2.05, 4.69) is 10.3 Å². The molecule has 5 nitrogen and oxygen atoms in total. The molecule has 0 amide bonds. The van der Waals surface area contributed by atoms with E-state index in [4.69, 9.17) is 5.26 Å². The highest BCUT2D eigenvalue weighted by atomic mass is 35.5. The van der Waals surface area contributed by atoms with Gasteiger partial charge in [-0.2, -0.15) is 5.26 Å². The molecular formula is C12H16ClN3O2S. The number of aromatic nitrogens is 1. The Morgan fingerprint density at radius 3 is 2.89 bits per heavy atom. The normalized spacial score (nSPS) is 19.2. The Hall–Kier alpha value is -1.16. The molecule has 19 heavy (non-hydrogen) atoms. The zero-order valence-electron chi connectivity index (χ0n) is 10.4. The summed E-state index contributed by atoms with van der Waals surface area (Å²) >= 11 is 0. The highest BCUT2D eigenvalue weighted by molar-refractivity contribution is 7.91. The first kappa shape index (κ1) is 15.9. The summed E-state index contributed by atoms with van der Waals surface area (Å²) in [5.41, 5.74) is 0.320. The second-order valence-electron chi connectivity index (χ2n) is 4.42. The zero-order chi connectivity index (χ0) is 13.0. The van der Waals surface area contributed by atoms with Crippen LogP contribution in [0.3, 0.4) is 0 Å². The number of rotatable bonds is 3. The fourth-order valence-electron chi connectivity index (χ4n) is 2.07. The van der Waals surface area contributed by atoms with Crippen LogP contribution in [-0.2, 0) is 9.84 Å². The maximum atomic E-state index is 12.2. The van der Waals surface area contributed by atoms with Gasteiger partial charge < -0.3 is 5.32 Å². The fourth-order valence-corrected chi connectivity index (χ4v) is 3.58. The number of halogens is 1. The van der Waals surface area contributed by atoms with Crippen molar-refractivity contribution in [3.05, 3.63) is 23.9 Å². The van der Waals surface area contributed by atoms with Crippen molar-refractivity contribution in [3.8, 4) is 6.07 Å². The zero-order valence-corrected chi connectivity index (χ0v) is 12.0. The van der Waals surface area contributed by atoms with Gasteiger partial charge in [0.2, 0.25) is 0 Å². The topological polar surface area (TPSA) is 82.8 Å². The Morgan fingerprint density at radius 2 is 2.26 bits per heavy atom. The molecule has 2 heterocycles. The quantitative estimate of drug-likeness (QED) is 0.909. The lowest BCUT2D eigenvalue weighted by atomic mass is 10.1. The van der Waals surface area contributed by atoms with E-state index in [-0.39, 0.29) is 29.2 Å². The minimum Gasteiger partial charge on any atom is -0.313 e. The molecule has 104 valence electrons. The summed E-state index contributed by atoms with van der Waals surface area (Å²) < 4.78 is 24.3. The predicted octanol–water partition coefficient (Wildman–Crippen LogP) is 1.29. The average molecular weight is 302 g/mol. The standard InChI is InChI=1S/C12H15N3O2S.ClH/c13-8-10-4-6-15-12(7-10)18(16,17)9-11-3-1-2-5-14-11;/h4,6-7,11,14H,1-3,5,9H2;1H. The molecule has 1 saturated heterocycles. The Morgan fingerprint density at radius 1 is 1.47 bits per heavy atom. The van der Waals surface area contributed by atoms with Crippen molar-refractivity contribution in [3.63, 3.8) is 0 Å². The fraction of sp³-hybridized carbons (Fsp3) is 0.500. The van der Waals surface area contributed by atoms with Gasteiger partial charge in [0, 0.05) is 12.2 Å². The molecule has 1 aliphatic heterocycles. The number of hydrogen-bond donors (Lipinski definition) is 1. The number of sulfone groups is 1. The van der Waals surface area contributed by atoms with E-state index in [1.54, 1.807) is 0 Å². The summed E-state index contributed by atoms with van der Waals surface area (Å²) in [6.45, 7) is 0.867. The molecule has 0 spiro atoms. The maximum Gasteiger partial charge on any atom is 0.197 e. The number of nitriles is 1. The van der Waals surface area contributed by atoms with Crippen molar-refractivity contribution < 1.29 is 8.42 Å². The van der Waals surface area contributed by atoms with E-state index < -0.39 is 9.84 Å². The van der Waals surface area contributed by atoms with Gasteiger partial charge in [-0.15, -0.1) is 12.4 Å². The highest BCUT2D eigenvalue weighted by Crippen LogP contribution is 2.15. The monoisotopic (exact) mass is 301 g/mol. The van der Waals surface area contributed by atoms with Crippen molar-refractivity contribution in [2.45, 2.75) is 30.3 Å². The van der Waals surface area contributed by atoms with Gasteiger partial charge in [-0.05, 0) is 31.5 Å². The summed E-state index contributed by atoms with van der Waals surface area (Å²) in [6, 6.07) is 4.75. The second-order valence-corrected chi connectivity index (χ2v) is 6.40. The second kappa shape index (κ2) is 6.85. The number of piperidine rings is 1. The van der Waals surface area contributed by atoms with Gasteiger partial charge in [-0.1, -0.05) is 6.42 Å². The highest BCUT2D eigenvalue weighted by Gasteiger charge is 2.23. The molecule has 0 aromatic carbocycles. The van der Waals surface area contributed by atoms with E-state index in [0.717, 1.165) is 25.8 Å². The molecule has 1 unspecified atom stereocenters. The van der Waals surface area contributed by atoms with E-state index in [1.807, 2.05) is 6.07 Å². The molecule has 1 atom stereocenters. The molecule has 1 aromatic rings. The smallest absolute Gasteiger partial charge is 0.197 e. The van der Waals surface area contributed by atoms with E-state index in [0.29, 0.717) is 5.56 Å². The van der Waals surface area contributed by atoms with Crippen molar-refractivity contribution >= 4 is 22.2 Å². The third kappa shape index (κ3) is 4.16. The van der Waals surface area contributed by atoms with Crippen LogP contribution < -0.4 is 5.32 Å². The number of hydrogen-bond acceptors (Lipinski definition) is 5. The summed E-state index contributed by atoms with van der Waals surface area (Å²) in [5, 5.41) is 12.0. The van der Waals surface area contributed by atoms with Crippen LogP contribution in [0.2, 0.25) is 0 Å². The van der Waals surface area contributed by atoms with Gasteiger partial charge in [0.05, 0.1) is 17.4 Å². The molecule has 0 aliphatic carbocycles. The SMILES string of the molecule is Cl.N#Cc1ccnc(S(=O)(=O)CC2CCCCN2)c1. The van der Waals surface area contributed by atoms with Crippen LogP contribution in [0.15, 0.2) is 23.4 Å². The maximum absolute atomic E-state index is 12.2. The molecule has 0 radical (unpaired) electrons. The third-order valence-electron chi connectivity index (χ3n) is 3.02. The third-order valence-corrected chi connectivity index (χ3v) is 4.72. The van der Waals surface area contributed by atoms with Gasteiger partial charge >= 0.3 is 0 Å². The van der Waals surface area contributed by atoms with Crippen molar-refractivity contribution in [2.75, 3.05) is 12.3 Å². The van der Waals surface area contributed by atoms with Crippen LogP contribution in [-0.4, -0.2) is 31.7 Å². The van der Waals surface area contributed by atoms with Gasteiger partial charge in [-0.25, -0.2) is 13.4 Å². The van der Waals surface area contributed by atoms with Crippen molar-refractivity contribution in [2.24, 2.45) is 0 Å². The first-order chi connectivity index (χ1) is 8.62. The van der Waals surface area contributed by atoms with Crippen LogP contribution in [0.5, 0.6) is 0 Å². The van der Waals surface area contributed by atoms with Gasteiger partial charge in [-0.3, -0.25) is 0 Å². The Kier molecular flexibility index (Phi) is 5.73. The van der Waals surface area contributed by atoms with E-state index in [9.17, 15) is 8.42 Å². The number of pyridine rings is 1. The van der Waals surface area contributed by atoms with E-state index in [1.165, 1.54) is 18.3 Å². The predicted molar refractivity (Wildman–Crippen MR) is 73.9 cm³/mol. The lowest BCUT2D eigenvalue weighted by Gasteiger charge is -2.22. The first-order valence-corrected chi connectivity index (χ1v) is 7.59. The average Bonchev–Trinajstić information content (AvgIpc) is 2.39. The minimum atomic E-state index is -3.42. The van der Waals surface area contributed by atoms with Crippen molar-refractivity contribution in [1.82, 2.24) is 10.3 Å². The largest absolute Gasteiger partial charge is 0.313 e. The molecule has 2 rings (SSSR count). The van der Waals surface area contributed by atoms with Crippen LogP contribution in [0, 0.1) is 11.3 Å². The minimum absolute atomic E-state index is 0. The lowest BCUT2D eigenvalue weighted by Crippen LogP contribution is -2.39. The molecule has 0 bridgehead atoms. The molecule has 1 fully saturated rings. The molecular weight excluding hydrogens is 286 g/mol. The summed E-state index contributed by atoms with van der Waals surface area (Å²) in [7, 11) is -3.42. The molecule has 7 heteroatoms. The van der Waals surface area contributed by atoms with Crippen LogP contribution in [0.1, 0.15) is 24.8 Å². The van der Waals surface area contributed by atoms with Crippen LogP contribution in [0.25, 0.3) is 0 Å². The number of nitrogens with zero attached hydrogens (tertiary/aromatic N) is 2. The molecule has 1 aromatic heterocycles. The van der Waals surface area contributed by atoms with Crippen LogP contribution >= 0.6 is 12.4 Å².